The summed E-state index contributed by atoms with van der Waals surface area (Å²) >= 11 is 2.00. The monoisotopic (exact) mass is 367 g/mol. The van der Waals surface area contributed by atoms with Crippen LogP contribution >= 0.6 is 11.8 Å². The van der Waals surface area contributed by atoms with Crippen molar-refractivity contribution in [2.45, 2.75) is 62.7 Å². The van der Waals surface area contributed by atoms with Crippen molar-refractivity contribution in [3.05, 3.63) is 59.2 Å². The Kier molecular flexibility index (Phi) is 5.91. The number of aryl methyl sites for hydroxylation is 1. The van der Waals surface area contributed by atoms with Gasteiger partial charge in [-0.1, -0.05) is 24.3 Å². The average molecular weight is 368 g/mol. The minimum Gasteiger partial charge on any atom is -0.324 e. The molecule has 2 N–H and O–H groups in total. The summed E-state index contributed by atoms with van der Waals surface area (Å²) in [6.45, 7) is 0. The molecule has 1 aromatic heterocycles. The predicted molar refractivity (Wildman–Crippen MR) is 109 cm³/mol. The van der Waals surface area contributed by atoms with E-state index in [4.69, 9.17) is 15.7 Å². The van der Waals surface area contributed by atoms with Crippen molar-refractivity contribution in [3.8, 4) is 0 Å². The topological polar surface area (TPSA) is 51.8 Å². The van der Waals surface area contributed by atoms with Gasteiger partial charge in [-0.15, -0.1) is 0 Å². The quantitative estimate of drug-likeness (QED) is 0.806. The van der Waals surface area contributed by atoms with Gasteiger partial charge in [-0.25, -0.2) is 0 Å². The highest BCUT2D eigenvalue weighted by molar-refractivity contribution is 7.98. The number of nitrogens with zero attached hydrogens (tertiary/aromatic N) is 2. The second-order valence-electron chi connectivity index (χ2n) is 7.86. The smallest absolute Gasteiger partial charge is 0.0685 e. The van der Waals surface area contributed by atoms with E-state index in [2.05, 4.69) is 24.3 Å². The lowest BCUT2D eigenvalue weighted by molar-refractivity contribution is 0.500. The molecule has 0 spiro atoms. The molecule has 0 bridgehead atoms. The molecule has 2 aromatic rings. The highest BCUT2D eigenvalue weighted by atomic mass is 32.2. The highest BCUT2D eigenvalue weighted by Gasteiger charge is 2.21. The molecule has 1 fully saturated rings. The average Bonchev–Trinajstić information content (AvgIpc) is 3.48. The van der Waals surface area contributed by atoms with E-state index in [1.54, 1.807) is 0 Å². The molecule has 0 radical (unpaired) electrons. The van der Waals surface area contributed by atoms with Crippen LogP contribution in [0.4, 0.5) is 0 Å². The third-order valence-electron chi connectivity index (χ3n) is 5.72. The fourth-order valence-electron chi connectivity index (χ4n) is 3.90. The second kappa shape index (κ2) is 8.53. The molecule has 1 aromatic carbocycles. The molecule has 4 heteroatoms. The van der Waals surface area contributed by atoms with Crippen LogP contribution in [0.1, 0.15) is 73.0 Å². The lowest BCUT2D eigenvalue weighted by atomic mass is 9.92. The van der Waals surface area contributed by atoms with Crippen LogP contribution in [0.25, 0.3) is 0 Å². The van der Waals surface area contributed by atoms with Crippen molar-refractivity contribution in [2.75, 3.05) is 5.75 Å². The van der Waals surface area contributed by atoms with Gasteiger partial charge in [0.05, 0.1) is 11.4 Å². The molecule has 4 rings (SSSR count). The largest absolute Gasteiger partial charge is 0.324 e. The molecule has 138 valence electrons. The van der Waals surface area contributed by atoms with Crippen molar-refractivity contribution in [1.82, 2.24) is 9.97 Å². The van der Waals surface area contributed by atoms with Crippen LogP contribution in [0, 0.1) is 5.92 Å². The lowest BCUT2D eigenvalue weighted by Gasteiger charge is -2.17. The number of hydrogen-bond acceptors (Lipinski definition) is 4. The fraction of sp³-hybridized carbons (Fsp3) is 0.545. The SMILES string of the molecule is N[C@H]1CC[C@@H](c2cnc(CSCC3CC3)cn2)CCCc2ccccc21. The Labute approximate surface area is 161 Å². The Bertz CT molecular complexity index is 712. The number of thioether (sulfide) groups is 1. The zero-order valence-electron chi connectivity index (χ0n) is 15.4. The van der Waals surface area contributed by atoms with Gasteiger partial charge >= 0.3 is 0 Å². The van der Waals surface area contributed by atoms with Crippen LogP contribution in [0.2, 0.25) is 0 Å². The van der Waals surface area contributed by atoms with Crippen molar-refractivity contribution in [3.63, 3.8) is 0 Å². The molecule has 0 unspecified atom stereocenters. The first-order valence-corrected chi connectivity index (χ1v) is 11.2. The summed E-state index contributed by atoms with van der Waals surface area (Å²) < 4.78 is 0. The minimum absolute atomic E-state index is 0.137. The molecule has 0 saturated heterocycles. The molecule has 0 aliphatic heterocycles. The molecule has 1 saturated carbocycles. The van der Waals surface area contributed by atoms with Crippen LogP contribution < -0.4 is 5.73 Å². The van der Waals surface area contributed by atoms with Crippen molar-refractivity contribution in [1.29, 1.82) is 0 Å². The normalized spacial score (nSPS) is 23.6. The number of benzene rings is 1. The molecule has 0 amide bonds. The molecular formula is C22H29N3S. The molecular weight excluding hydrogens is 338 g/mol. The van der Waals surface area contributed by atoms with Gasteiger partial charge in [-0.3, -0.25) is 9.97 Å². The van der Waals surface area contributed by atoms with Gasteiger partial charge in [0.25, 0.3) is 0 Å². The van der Waals surface area contributed by atoms with Crippen LogP contribution in [-0.4, -0.2) is 15.7 Å². The van der Waals surface area contributed by atoms with Gasteiger partial charge in [0.2, 0.25) is 0 Å². The van der Waals surface area contributed by atoms with Gasteiger partial charge < -0.3 is 5.73 Å². The molecule has 2 aliphatic rings. The van der Waals surface area contributed by atoms with Crippen molar-refractivity contribution < 1.29 is 0 Å². The van der Waals surface area contributed by atoms with E-state index < -0.39 is 0 Å². The summed E-state index contributed by atoms with van der Waals surface area (Å²) in [7, 11) is 0. The first-order chi connectivity index (χ1) is 12.8. The van der Waals surface area contributed by atoms with Crippen LogP contribution in [0.15, 0.2) is 36.7 Å². The Morgan fingerprint density at radius 3 is 2.69 bits per heavy atom. The van der Waals surface area contributed by atoms with Crippen LogP contribution in [0.3, 0.4) is 0 Å². The molecule has 26 heavy (non-hydrogen) atoms. The summed E-state index contributed by atoms with van der Waals surface area (Å²) in [5.74, 6) is 3.73. The number of fused-ring (bicyclic) bond motifs is 1. The van der Waals surface area contributed by atoms with Gasteiger partial charge in [-0.2, -0.15) is 11.8 Å². The Hall–Kier alpha value is -1.39. The van der Waals surface area contributed by atoms with E-state index in [1.807, 2.05) is 24.2 Å². The Morgan fingerprint density at radius 1 is 1.00 bits per heavy atom. The third kappa shape index (κ3) is 4.66. The maximum absolute atomic E-state index is 6.50. The van der Waals surface area contributed by atoms with Crippen LogP contribution in [-0.2, 0) is 12.2 Å². The predicted octanol–water partition coefficient (Wildman–Crippen LogP) is 5.02. The number of aromatic nitrogens is 2. The van der Waals surface area contributed by atoms with Gasteiger partial charge in [-0.05, 0) is 67.7 Å². The number of nitrogens with two attached hydrogens (primary N) is 1. The lowest BCUT2D eigenvalue weighted by Crippen LogP contribution is -2.13. The molecule has 3 nitrogen and oxygen atoms in total. The van der Waals surface area contributed by atoms with Gasteiger partial charge in [0.1, 0.15) is 0 Å². The maximum Gasteiger partial charge on any atom is 0.0685 e. The standard InChI is InChI=1S/C22H29N3S/c23-21-11-10-18(6-3-5-17-4-1-2-7-20(17)21)22-13-24-19(12-25-22)15-26-14-16-8-9-16/h1-2,4,7,12-13,16,18,21H,3,5-6,8-11,14-15,23H2/t18-,21-/m0/s1. The zero-order chi connectivity index (χ0) is 17.8. The van der Waals surface area contributed by atoms with E-state index in [1.165, 1.54) is 42.6 Å². The first kappa shape index (κ1) is 18.0. The van der Waals surface area contributed by atoms with E-state index >= 15 is 0 Å². The fourth-order valence-corrected chi connectivity index (χ4v) is 5.05. The molecule has 2 aliphatic carbocycles. The first-order valence-electron chi connectivity index (χ1n) is 10.0. The van der Waals surface area contributed by atoms with E-state index in [0.717, 1.165) is 42.3 Å². The summed E-state index contributed by atoms with van der Waals surface area (Å²) in [4.78, 5) is 9.47. The second-order valence-corrected chi connectivity index (χ2v) is 8.89. The van der Waals surface area contributed by atoms with E-state index in [-0.39, 0.29) is 6.04 Å². The van der Waals surface area contributed by atoms with Crippen molar-refractivity contribution in [2.24, 2.45) is 11.7 Å². The third-order valence-corrected chi connectivity index (χ3v) is 6.93. The van der Waals surface area contributed by atoms with E-state index in [0.29, 0.717) is 5.92 Å². The summed E-state index contributed by atoms with van der Waals surface area (Å²) in [5, 5.41) is 0. The summed E-state index contributed by atoms with van der Waals surface area (Å²) in [6, 6.07) is 8.82. The molecule has 2 atom stereocenters. The Balaban J connectivity index is 1.38. The van der Waals surface area contributed by atoms with Gasteiger partial charge in [0, 0.05) is 30.1 Å². The summed E-state index contributed by atoms with van der Waals surface area (Å²) in [5.41, 5.74) is 11.5. The number of rotatable bonds is 5. The molecule has 1 heterocycles. The zero-order valence-corrected chi connectivity index (χ0v) is 16.3. The Morgan fingerprint density at radius 2 is 1.88 bits per heavy atom. The minimum atomic E-state index is 0.137. The highest BCUT2D eigenvalue weighted by Crippen LogP contribution is 2.34. The van der Waals surface area contributed by atoms with Crippen LogP contribution in [0.5, 0.6) is 0 Å². The number of hydrogen-bond donors (Lipinski definition) is 1. The maximum atomic E-state index is 6.50. The van der Waals surface area contributed by atoms with E-state index in [9.17, 15) is 0 Å². The summed E-state index contributed by atoms with van der Waals surface area (Å²) in [6.07, 6.45) is 12.5. The van der Waals surface area contributed by atoms with Gasteiger partial charge in [0.15, 0.2) is 0 Å². The van der Waals surface area contributed by atoms with Crippen molar-refractivity contribution >= 4 is 11.8 Å².